The molecule has 3 rings (SSSR count). The molecule has 0 spiro atoms. The molecule has 1 N–H and O–H groups in total. The number of carbonyl (C=O) groups is 1. The van der Waals surface area contributed by atoms with E-state index in [0.29, 0.717) is 19.4 Å². The van der Waals surface area contributed by atoms with Crippen LogP contribution in [-0.4, -0.2) is 15.7 Å². The molecule has 0 atom stereocenters. The highest BCUT2D eigenvalue weighted by Gasteiger charge is 2.07. The number of anilines is 1. The van der Waals surface area contributed by atoms with Crippen molar-refractivity contribution in [1.82, 2.24) is 9.78 Å². The summed E-state index contributed by atoms with van der Waals surface area (Å²) in [6.07, 6.45) is 0.872. The molecule has 0 bridgehead atoms. The summed E-state index contributed by atoms with van der Waals surface area (Å²) in [5.74, 6) is -0.0639. The van der Waals surface area contributed by atoms with Gasteiger partial charge in [-0.1, -0.05) is 35.9 Å². The van der Waals surface area contributed by atoms with Crippen LogP contribution < -0.4 is 10.9 Å². The van der Waals surface area contributed by atoms with Crippen molar-refractivity contribution >= 4 is 11.6 Å². The number of benzene rings is 2. The van der Waals surface area contributed by atoms with Crippen LogP contribution in [0.1, 0.15) is 29.5 Å². The van der Waals surface area contributed by atoms with Gasteiger partial charge in [0.1, 0.15) is 0 Å². The number of rotatable bonds is 6. The standard InChI is InChI=1S/C23H25N3O2/c1-16-6-9-19(10-7-16)21-12-13-23(28)26(25-21)14-4-5-22(27)24-20-11-8-17(2)18(3)15-20/h6-13,15H,4-5,14H2,1-3H3,(H,24,27). The number of hydrogen-bond acceptors (Lipinski definition) is 3. The van der Waals surface area contributed by atoms with Gasteiger partial charge in [0, 0.05) is 30.3 Å². The molecule has 1 amide bonds. The number of aryl methyl sites for hydroxylation is 4. The normalized spacial score (nSPS) is 10.7. The molecule has 0 aliphatic carbocycles. The number of nitrogens with zero attached hydrogens (tertiary/aromatic N) is 2. The van der Waals surface area contributed by atoms with Crippen LogP contribution in [0.4, 0.5) is 5.69 Å². The van der Waals surface area contributed by atoms with Crippen LogP contribution in [-0.2, 0) is 11.3 Å². The molecule has 0 unspecified atom stereocenters. The quantitative estimate of drug-likeness (QED) is 0.700. The van der Waals surface area contributed by atoms with Crippen molar-refractivity contribution in [2.24, 2.45) is 0 Å². The Balaban J connectivity index is 1.60. The summed E-state index contributed by atoms with van der Waals surface area (Å²) in [6, 6.07) is 17.1. The van der Waals surface area contributed by atoms with E-state index in [9.17, 15) is 9.59 Å². The second kappa shape index (κ2) is 8.65. The zero-order valence-corrected chi connectivity index (χ0v) is 16.5. The Labute approximate surface area is 165 Å². The Kier molecular flexibility index (Phi) is 6.04. The lowest BCUT2D eigenvalue weighted by molar-refractivity contribution is -0.116. The maximum absolute atomic E-state index is 12.2. The van der Waals surface area contributed by atoms with Gasteiger partial charge in [0.05, 0.1) is 5.69 Å². The van der Waals surface area contributed by atoms with Crippen molar-refractivity contribution < 1.29 is 4.79 Å². The monoisotopic (exact) mass is 375 g/mol. The molecule has 5 nitrogen and oxygen atoms in total. The van der Waals surface area contributed by atoms with E-state index in [1.807, 2.05) is 63.2 Å². The molecule has 0 aliphatic heterocycles. The number of hydrogen-bond donors (Lipinski definition) is 1. The molecule has 3 aromatic rings. The average molecular weight is 375 g/mol. The molecule has 1 heterocycles. The smallest absolute Gasteiger partial charge is 0.266 e. The lowest BCUT2D eigenvalue weighted by atomic mass is 10.1. The van der Waals surface area contributed by atoms with Gasteiger partial charge in [-0.25, -0.2) is 4.68 Å². The average Bonchev–Trinajstić information content (AvgIpc) is 2.67. The van der Waals surface area contributed by atoms with E-state index in [4.69, 9.17) is 0 Å². The summed E-state index contributed by atoms with van der Waals surface area (Å²) in [5.41, 5.74) is 5.85. The van der Waals surface area contributed by atoms with Crippen molar-refractivity contribution in [3.05, 3.63) is 81.6 Å². The zero-order chi connectivity index (χ0) is 20.1. The largest absolute Gasteiger partial charge is 0.326 e. The Hall–Kier alpha value is -3.21. The lowest BCUT2D eigenvalue weighted by Gasteiger charge is -2.09. The fourth-order valence-corrected chi connectivity index (χ4v) is 2.92. The topological polar surface area (TPSA) is 64.0 Å². The first-order chi connectivity index (χ1) is 13.4. The van der Waals surface area contributed by atoms with Crippen LogP contribution >= 0.6 is 0 Å². The Morgan fingerprint density at radius 1 is 0.964 bits per heavy atom. The summed E-state index contributed by atoms with van der Waals surface area (Å²) in [4.78, 5) is 24.3. The van der Waals surface area contributed by atoms with Crippen molar-refractivity contribution in [2.45, 2.75) is 40.2 Å². The summed E-state index contributed by atoms with van der Waals surface area (Å²) in [6.45, 7) is 6.49. The molecule has 28 heavy (non-hydrogen) atoms. The minimum atomic E-state index is -0.162. The van der Waals surface area contributed by atoms with Gasteiger partial charge in [-0.05, 0) is 56.5 Å². The fourth-order valence-electron chi connectivity index (χ4n) is 2.92. The van der Waals surface area contributed by atoms with Crippen molar-refractivity contribution in [2.75, 3.05) is 5.32 Å². The highest BCUT2D eigenvalue weighted by atomic mass is 16.1. The highest BCUT2D eigenvalue weighted by Crippen LogP contribution is 2.16. The van der Waals surface area contributed by atoms with Crippen LogP contribution in [0.15, 0.2) is 59.4 Å². The second-order valence-electron chi connectivity index (χ2n) is 7.10. The third kappa shape index (κ3) is 4.94. The van der Waals surface area contributed by atoms with Gasteiger partial charge in [-0.2, -0.15) is 5.10 Å². The summed E-state index contributed by atoms with van der Waals surface area (Å²) < 4.78 is 1.43. The number of nitrogens with one attached hydrogen (secondary N) is 1. The van der Waals surface area contributed by atoms with Gasteiger partial charge in [0.2, 0.25) is 5.91 Å². The highest BCUT2D eigenvalue weighted by molar-refractivity contribution is 5.90. The number of aromatic nitrogens is 2. The van der Waals surface area contributed by atoms with E-state index >= 15 is 0 Å². The predicted octanol–water partition coefficient (Wildman–Crippen LogP) is 4.25. The van der Waals surface area contributed by atoms with Crippen LogP contribution in [0.25, 0.3) is 11.3 Å². The Bertz CT molecular complexity index is 1040. The molecule has 144 valence electrons. The van der Waals surface area contributed by atoms with Crippen molar-refractivity contribution in [3.63, 3.8) is 0 Å². The Morgan fingerprint density at radius 3 is 2.43 bits per heavy atom. The zero-order valence-electron chi connectivity index (χ0n) is 16.5. The Morgan fingerprint density at radius 2 is 1.71 bits per heavy atom. The number of carbonyl (C=O) groups excluding carboxylic acids is 1. The molecular formula is C23H25N3O2. The first-order valence-corrected chi connectivity index (χ1v) is 9.45. The first kappa shape index (κ1) is 19.5. The molecule has 0 radical (unpaired) electrons. The van der Waals surface area contributed by atoms with E-state index in [1.165, 1.54) is 21.9 Å². The van der Waals surface area contributed by atoms with Crippen LogP contribution in [0, 0.1) is 20.8 Å². The van der Waals surface area contributed by atoms with Gasteiger partial charge in [0.15, 0.2) is 0 Å². The van der Waals surface area contributed by atoms with Crippen LogP contribution in [0.2, 0.25) is 0 Å². The van der Waals surface area contributed by atoms with Gasteiger partial charge in [-0.15, -0.1) is 0 Å². The molecule has 0 fully saturated rings. The summed E-state index contributed by atoms with van der Waals surface area (Å²) in [7, 11) is 0. The predicted molar refractivity (Wildman–Crippen MR) is 112 cm³/mol. The van der Waals surface area contributed by atoms with Gasteiger partial charge < -0.3 is 5.32 Å². The summed E-state index contributed by atoms with van der Waals surface area (Å²) >= 11 is 0. The lowest BCUT2D eigenvalue weighted by Crippen LogP contribution is -2.23. The minimum absolute atomic E-state index is 0.0639. The maximum atomic E-state index is 12.2. The van der Waals surface area contributed by atoms with E-state index in [-0.39, 0.29) is 11.5 Å². The van der Waals surface area contributed by atoms with Crippen LogP contribution in [0.3, 0.4) is 0 Å². The van der Waals surface area contributed by atoms with E-state index in [2.05, 4.69) is 10.4 Å². The summed E-state index contributed by atoms with van der Waals surface area (Å²) in [5, 5.41) is 7.35. The molecule has 0 aliphatic rings. The third-order valence-electron chi connectivity index (χ3n) is 4.78. The maximum Gasteiger partial charge on any atom is 0.266 e. The molecule has 5 heteroatoms. The van der Waals surface area contributed by atoms with E-state index < -0.39 is 0 Å². The third-order valence-corrected chi connectivity index (χ3v) is 4.78. The minimum Gasteiger partial charge on any atom is -0.326 e. The van der Waals surface area contributed by atoms with Gasteiger partial charge in [0.25, 0.3) is 5.56 Å². The first-order valence-electron chi connectivity index (χ1n) is 9.45. The molecule has 1 aromatic heterocycles. The van der Waals surface area contributed by atoms with Gasteiger partial charge >= 0.3 is 0 Å². The van der Waals surface area contributed by atoms with Crippen molar-refractivity contribution in [1.29, 1.82) is 0 Å². The number of amides is 1. The van der Waals surface area contributed by atoms with Crippen LogP contribution in [0.5, 0.6) is 0 Å². The van der Waals surface area contributed by atoms with Crippen molar-refractivity contribution in [3.8, 4) is 11.3 Å². The second-order valence-corrected chi connectivity index (χ2v) is 7.10. The molecule has 0 saturated heterocycles. The fraction of sp³-hybridized carbons (Fsp3) is 0.261. The van der Waals surface area contributed by atoms with E-state index in [1.54, 1.807) is 6.07 Å². The molecule has 2 aromatic carbocycles. The SMILES string of the molecule is Cc1ccc(-c2ccc(=O)n(CCCC(=O)Nc3ccc(C)c(C)c3)n2)cc1. The molecular weight excluding hydrogens is 350 g/mol. The van der Waals surface area contributed by atoms with E-state index in [0.717, 1.165) is 22.5 Å². The van der Waals surface area contributed by atoms with Gasteiger partial charge in [-0.3, -0.25) is 9.59 Å². The molecule has 0 saturated carbocycles.